The maximum absolute atomic E-state index is 12.8. The second kappa shape index (κ2) is 5.79. The molecule has 0 saturated carbocycles. The van der Waals surface area contributed by atoms with E-state index in [0.29, 0.717) is 6.54 Å². The Bertz CT molecular complexity index is 764. The average molecular weight is 296 g/mol. The van der Waals surface area contributed by atoms with Crippen molar-refractivity contribution in [3.63, 3.8) is 0 Å². The number of amides is 1. The van der Waals surface area contributed by atoms with E-state index in [-0.39, 0.29) is 23.1 Å². The first-order valence-electron chi connectivity index (χ1n) is 7.64. The lowest BCUT2D eigenvalue weighted by atomic mass is 10.0. The largest absolute Gasteiger partial charge is 0.331 e. The van der Waals surface area contributed by atoms with E-state index < -0.39 is 0 Å². The molecular formula is C18H20N2O2. The zero-order valence-corrected chi connectivity index (χ0v) is 12.9. The third-order valence-corrected chi connectivity index (χ3v) is 4.23. The average Bonchev–Trinajstić information content (AvgIpc) is 2.96. The number of pyridine rings is 1. The highest BCUT2D eigenvalue weighted by Gasteiger charge is 2.31. The van der Waals surface area contributed by atoms with E-state index in [1.165, 1.54) is 5.56 Å². The van der Waals surface area contributed by atoms with E-state index >= 15 is 0 Å². The second-order valence-corrected chi connectivity index (χ2v) is 5.95. The molecule has 2 heterocycles. The van der Waals surface area contributed by atoms with Gasteiger partial charge >= 0.3 is 0 Å². The van der Waals surface area contributed by atoms with Gasteiger partial charge in [-0.05, 0) is 44.4 Å². The Labute approximate surface area is 129 Å². The summed E-state index contributed by atoms with van der Waals surface area (Å²) in [7, 11) is 0. The molecule has 4 nitrogen and oxygen atoms in total. The summed E-state index contributed by atoms with van der Waals surface area (Å²) in [6.45, 7) is 4.56. The summed E-state index contributed by atoms with van der Waals surface area (Å²) >= 11 is 0. The summed E-state index contributed by atoms with van der Waals surface area (Å²) in [6.07, 6.45) is 1.91. The van der Waals surface area contributed by atoms with Crippen LogP contribution >= 0.6 is 0 Å². The van der Waals surface area contributed by atoms with Crippen LogP contribution in [0, 0.1) is 13.8 Å². The van der Waals surface area contributed by atoms with Gasteiger partial charge in [0.1, 0.15) is 5.56 Å². The van der Waals surface area contributed by atoms with Gasteiger partial charge in [0.15, 0.2) is 0 Å². The van der Waals surface area contributed by atoms with Crippen molar-refractivity contribution in [1.29, 1.82) is 0 Å². The lowest BCUT2D eigenvalue weighted by molar-refractivity contribution is 0.0734. The van der Waals surface area contributed by atoms with Gasteiger partial charge in [-0.2, -0.15) is 0 Å². The van der Waals surface area contributed by atoms with Gasteiger partial charge in [0.25, 0.3) is 11.5 Å². The Morgan fingerprint density at radius 2 is 2.05 bits per heavy atom. The highest BCUT2D eigenvalue weighted by molar-refractivity contribution is 5.94. The Hall–Kier alpha value is -2.36. The molecule has 0 radical (unpaired) electrons. The Kier molecular flexibility index (Phi) is 3.84. The van der Waals surface area contributed by atoms with Crippen LogP contribution in [0.15, 0.2) is 41.2 Å². The first-order chi connectivity index (χ1) is 10.6. The van der Waals surface area contributed by atoms with E-state index in [1.54, 1.807) is 19.1 Å². The molecule has 1 amide bonds. The number of nitrogens with zero attached hydrogens (tertiary/aromatic N) is 1. The van der Waals surface area contributed by atoms with Crippen LogP contribution in [0.3, 0.4) is 0 Å². The minimum Gasteiger partial charge on any atom is -0.331 e. The van der Waals surface area contributed by atoms with Crippen LogP contribution in [0.5, 0.6) is 0 Å². The summed E-state index contributed by atoms with van der Waals surface area (Å²) in [4.78, 5) is 29.3. The Balaban J connectivity index is 1.93. The fourth-order valence-corrected chi connectivity index (χ4v) is 3.13. The van der Waals surface area contributed by atoms with E-state index in [4.69, 9.17) is 0 Å². The molecule has 1 aliphatic heterocycles. The van der Waals surface area contributed by atoms with Crippen molar-refractivity contribution < 1.29 is 4.79 Å². The lowest BCUT2D eigenvalue weighted by Gasteiger charge is -2.25. The second-order valence-electron chi connectivity index (χ2n) is 5.95. The molecule has 0 aliphatic carbocycles. The highest BCUT2D eigenvalue weighted by Crippen LogP contribution is 2.33. The zero-order chi connectivity index (χ0) is 15.7. The van der Waals surface area contributed by atoms with Gasteiger partial charge in [-0.3, -0.25) is 9.59 Å². The normalized spacial score (nSPS) is 17.7. The van der Waals surface area contributed by atoms with Crippen LogP contribution in [-0.2, 0) is 0 Å². The number of hydrogen-bond acceptors (Lipinski definition) is 2. The molecule has 1 N–H and O–H groups in total. The molecular weight excluding hydrogens is 276 g/mol. The zero-order valence-electron chi connectivity index (χ0n) is 12.9. The first kappa shape index (κ1) is 14.6. The van der Waals surface area contributed by atoms with Gasteiger partial charge < -0.3 is 9.88 Å². The van der Waals surface area contributed by atoms with Crippen molar-refractivity contribution in [2.24, 2.45) is 0 Å². The molecule has 0 bridgehead atoms. The van der Waals surface area contributed by atoms with Gasteiger partial charge in [0.05, 0.1) is 6.04 Å². The Morgan fingerprint density at radius 3 is 2.77 bits per heavy atom. The quantitative estimate of drug-likeness (QED) is 0.926. The minimum absolute atomic E-state index is 0.0631. The molecule has 1 aromatic carbocycles. The van der Waals surface area contributed by atoms with Crippen molar-refractivity contribution >= 4 is 5.91 Å². The van der Waals surface area contributed by atoms with Crippen molar-refractivity contribution in [3.05, 3.63) is 69.1 Å². The number of H-pyrrole nitrogens is 1. The smallest absolute Gasteiger partial charge is 0.260 e. The number of carbonyl (C=O) groups excluding carboxylic acids is 1. The van der Waals surface area contributed by atoms with Crippen LogP contribution in [0.1, 0.15) is 46.1 Å². The molecule has 1 fully saturated rings. The van der Waals surface area contributed by atoms with E-state index in [0.717, 1.165) is 24.1 Å². The molecule has 114 valence electrons. The van der Waals surface area contributed by atoms with Gasteiger partial charge in [-0.25, -0.2) is 0 Å². The third kappa shape index (κ3) is 2.69. The number of likely N-dealkylation sites (tertiary alicyclic amines) is 1. The number of carbonyl (C=O) groups is 1. The summed E-state index contributed by atoms with van der Waals surface area (Å²) in [5.41, 5.74) is 3.02. The number of nitrogens with one attached hydrogen (secondary N) is 1. The molecule has 1 saturated heterocycles. The van der Waals surface area contributed by atoms with Gasteiger partial charge in [0, 0.05) is 12.2 Å². The number of hydrogen-bond donors (Lipinski definition) is 1. The van der Waals surface area contributed by atoms with Crippen LogP contribution in [-0.4, -0.2) is 22.3 Å². The summed E-state index contributed by atoms with van der Waals surface area (Å²) in [6, 6.07) is 11.7. The maximum Gasteiger partial charge on any atom is 0.260 e. The number of rotatable bonds is 2. The summed E-state index contributed by atoms with van der Waals surface area (Å²) in [5.74, 6) is -0.176. The van der Waals surface area contributed by atoms with Gasteiger partial charge in [0.2, 0.25) is 0 Å². The third-order valence-electron chi connectivity index (χ3n) is 4.23. The molecule has 0 unspecified atom stereocenters. The topological polar surface area (TPSA) is 53.2 Å². The van der Waals surface area contributed by atoms with Crippen molar-refractivity contribution in [2.75, 3.05) is 6.54 Å². The van der Waals surface area contributed by atoms with Crippen LogP contribution in [0.2, 0.25) is 0 Å². The molecule has 4 heteroatoms. The predicted octanol–water partition coefficient (Wildman–Crippen LogP) is 2.97. The van der Waals surface area contributed by atoms with Crippen molar-refractivity contribution in [1.82, 2.24) is 9.88 Å². The fourth-order valence-electron chi connectivity index (χ4n) is 3.13. The van der Waals surface area contributed by atoms with E-state index in [1.807, 2.05) is 11.0 Å². The summed E-state index contributed by atoms with van der Waals surface area (Å²) < 4.78 is 0. The predicted molar refractivity (Wildman–Crippen MR) is 86.0 cm³/mol. The van der Waals surface area contributed by atoms with Crippen LogP contribution in [0.4, 0.5) is 0 Å². The van der Waals surface area contributed by atoms with Gasteiger partial charge in [-0.1, -0.05) is 29.8 Å². The number of aryl methyl sites for hydroxylation is 2. The minimum atomic E-state index is -0.306. The standard InChI is InChI=1S/C18H20N2O2/c1-12-5-3-6-14(11-12)16-7-4-10-20(16)18(22)15-9-8-13(2)19-17(15)21/h3,5-6,8-9,11,16H,4,7,10H2,1-2H3,(H,19,21)/t16-/m1/s1. The molecule has 2 aromatic rings. The molecule has 0 spiro atoms. The monoisotopic (exact) mass is 296 g/mol. The molecule has 22 heavy (non-hydrogen) atoms. The highest BCUT2D eigenvalue weighted by atomic mass is 16.2. The lowest BCUT2D eigenvalue weighted by Crippen LogP contribution is -2.34. The fraction of sp³-hybridized carbons (Fsp3) is 0.333. The van der Waals surface area contributed by atoms with Crippen molar-refractivity contribution in [3.8, 4) is 0 Å². The van der Waals surface area contributed by atoms with Crippen LogP contribution in [0.25, 0.3) is 0 Å². The Morgan fingerprint density at radius 1 is 1.23 bits per heavy atom. The van der Waals surface area contributed by atoms with Gasteiger partial charge in [-0.15, -0.1) is 0 Å². The summed E-state index contributed by atoms with van der Waals surface area (Å²) in [5, 5.41) is 0. The first-order valence-corrected chi connectivity index (χ1v) is 7.64. The van der Waals surface area contributed by atoms with Crippen molar-refractivity contribution in [2.45, 2.75) is 32.7 Å². The SMILES string of the molecule is Cc1cccc([C@H]2CCCN2C(=O)c2ccc(C)[nH]c2=O)c1. The van der Waals surface area contributed by atoms with E-state index in [9.17, 15) is 9.59 Å². The van der Waals surface area contributed by atoms with E-state index in [2.05, 4.69) is 30.1 Å². The number of benzene rings is 1. The molecule has 1 atom stereocenters. The van der Waals surface area contributed by atoms with Crippen LogP contribution < -0.4 is 5.56 Å². The molecule has 1 aromatic heterocycles. The maximum atomic E-state index is 12.8. The molecule has 1 aliphatic rings. The molecule has 3 rings (SSSR count). The number of aromatic nitrogens is 1. The number of aromatic amines is 1.